The molecule has 2 nitrogen and oxygen atoms in total. The molecule has 0 atom stereocenters. The zero-order valence-corrected chi connectivity index (χ0v) is 10.2. The van der Waals surface area contributed by atoms with Gasteiger partial charge in [0.1, 0.15) is 21.9 Å². The molecule has 0 radical (unpaired) electrons. The fourth-order valence-electron chi connectivity index (χ4n) is 0.958. The Labute approximate surface area is 99.2 Å². The summed E-state index contributed by atoms with van der Waals surface area (Å²) in [6, 6.07) is 4.13. The largest absolute Gasteiger partial charge is 0.192 e. The van der Waals surface area contributed by atoms with Crippen molar-refractivity contribution in [1.29, 1.82) is 10.5 Å². The Morgan fingerprint density at radius 3 is 1.79 bits per heavy atom. The third kappa shape index (κ3) is 1.94. The monoisotopic (exact) mass is 256 g/mol. The number of hydrogen-bond acceptors (Lipinski definition) is 6. The summed E-state index contributed by atoms with van der Waals surface area (Å²) in [5, 5.41) is 17.6. The molecule has 0 aromatic rings. The van der Waals surface area contributed by atoms with Gasteiger partial charge in [-0.15, -0.1) is 23.5 Å². The lowest BCUT2D eigenvalue weighted by molar-refractivity contribution is 1.50. The standard InChI is InChI=1S/C8H4N2S4/c9-3-5-6(4-10)14-8(13-5)7-11-1-2-12-7/h1-2H2. The number of thioether (sulfide) groups is 4. The average molecular weight is 256 g/mol. The molecule has 2 aliphatic heterocycles. The Morgan fingerprint density at radius 1 is 0.857 bits per heavy atom. The molecule has 70 valence electrons. The van der Waals surface area contributed by atoms with Gasteiger partial charge in [-0.05, 0) is 0 Å². The van der Waals surface area contributed by atoms with Crippen molar-refractivity contribution < 1.29 is 0 Å². The second-order valence-electron chi connectivity index (χ2n) is 2.36. The van der Waals surface area contributed by atoms with E-state index in [0.717, 1.165) is 15.7 Å². The van der Waals surface area contributed by atoms with Gasteiger partial charge in [0.25, 0.3) is 0 Å². The zero-order chi connectivity index (χ0) is 9.97. The molecule has 14 heavy (non-hydrogen) atoms. The van der Waals surface area contributed by atoms with E-state index in [9.17, 15) is 0 Å². The summed E-state index contributed by atoms with van der Waals surface area (Å²) < 4.78 is 2.39. The van der Waals surface area contributed by atoms with Crippen LogP contribution in [0.4, 0.5) is 0 Å². The third-order valence-corrected chi connectivity index (χ3v) is 7.15. The Bertz CT molecular complexity index is 374. The molecular weight excluding hydrogens is 252 g/mol. The molecule has 2 heterocycles. The summed E-state index contributed by atoms with van der Waals surface area (Å²) in [5.74, 6) is 2.27. The molecule has 0 amide bonds. The fourth-order valence-corrected chi connectivity index (χ4v) is 6.09. The van der Waals surface area contributed by atoms with Crippen LogP contribution in [0.2, 0.25) is 0 Å². The van der Waals surface area contributed by atoms with Crippen molar-refractivity contribution >= 4 is 47.0 Å². The van der Waals surface area contributed by atoms with Gasteiger partial charge in [-0.25, -0.2) is 0 Å². The molecule has 0 aromatic carbocycles. The van der Waals surface area contributed by atoms with Crippen LogP contribution < -0.4 is 0 Å². The maximum absolute atomic E-state index is 8.80. The lowest BCUT2D eigenvalue weighted by Gasteiger charge is -1.98. The van der Waals surface area contributed by atoms with Crippen LogP contribution >= 0.6 is 47.0 Å². The van der Waals surface area contributed by atoms with Crippen LogP contribution in [-0.4, -0.2) is 11.5 Å². The van der Waals surface area contributed by atoms with E-state index in [0.29, 0.717) is 9.81 Å². The van der Waals surface area contributed by atoms with E-state index in [2.05, 4.69) is 12.1 Å². The second-order valence-corrected chi connectivity index (χ2v) is 7.13. The minimum absolute atomic E-state index is 0.549. The van der Waals surface area contributed by atoms with Crippen LogP contribution in [0.25, 0.3) is 0 Å². The zero-order valence-electron chi connectivity index (χ0n) is 6.94. The number of allylic oxidation sites excluding steroid dienone is 2. The average Bonchev–Trinajstić information content (AvgIpc) is 2.85. The van der Waals surface area contributed by atoms with Crippen molar-refractivity contribution in [2.75, 3.05) is 11.5 Å². The van der Waals surface area contributed by atoms with E-state index < -0.39 is 0 Å². The van der Waals surface area contributed by atoms with Crippen LogP contribution in [-0.2, 0) is 0 Å². The SMILES string of the molecule is N#CC1=C(C#N)SC(=C2SCCS2)S1. The van der Waals surface area contributed by atoms with Crippen LogP contribution in [0.1, 0.15) is 0 Å². The van der Waals surface area contributed by atoms with E-state index in [1.165, 1.54) is 27.8 Å². The van der Waals surface area contributed by atoms with E-state index in [1.54, 1.807) is 0 Å². The van der Waals surface area contributed by atoms with Gasteiger partial charge in [-0.2, -0.15) is 10.5 Å². The van der Waals surface area contributed by atoms with Crippen LogP contribution in [0.5, 0.6) is 0 Å². The van der Waals surface area contributed by atoms with Gasteiger partial charge in [0.2, 0.25) is 0 Å². The summed E-state index contributed by atoms with van der Waals surface area (Å²) in [7, 11) is 0. The predicted octanol–water partition coefficient (Wildman–Crippen LogP) is 3.33. The molecule has 0 spiro atoms. The molecule has 0 N–H and O–H groups in total. The minimum Gasteiger partial charge on any atom is -0.192 e. The first-order valence-corrected chi connectivity index (χ1v) is 7.35. The van der Waals surface area contributed by atoms with Gasteiger partial charge in [-0.1, -0.05) is 23.5 Å². The molecule has 0 bridgehead atoms. The third-order valence-electron chi connectivity index (χ3n) is 1.52. The molecule has 0 saturated carbocycles. The van der Waals surface area contributed by atoms with Gasteiger partial charge < -0.3 is 0 Å². The minimum atomic E-state index is 0.549. The molecule has 0 unspecified atom stereocenters. The Kier molecular flexibility index (Phi) is 3.40. The maximum Gasteiger partial charge on any atom is 0.115 e. The van der Waals surface area contributed by atoms with E-state index >= 15 is 0 Å². The molecule has 1 saturated heterocycles. The Hall–Kier alpha value is -0.140. The molecule has 6 heteroatoms. The Morgan fingerprint density at radius 2 is 1.36 bits per heavy atom. The van der Waals surface area contributed by atoms with E-state index in [-0.39, 0.29) is 0 Å². The van der Waals surface area contributed by atoms with Gasteiger partial charge in [0, 0.05) is 11.5 Å². The lowest BCUT2D eigenvalue weighted by atomic mass is 10.5. The molecular formula is C8H4N2S4. The van der Waals surface area contributed by atoms with Crippen molar-refractivity contribution in [1.82, 2.24) is 0 Å². The highest BCUT2D eigenvalue weighted by Crippen LogP contribution is 2.55. The first-order valence-electron chi connectivity index (χ1n) is 3.75. The quantitative estimate of drug-likeness (QED) is 0.662. The van der Waals surface area contributed by atoms with Gasteiger partial charge >= 0.3 is 0 Å². The highest BCUT2D eigenvalue weighted by molar-refractivity contribution is 8.33. The number of hydrogen-bond donors (Lipinski definition) is 0. The number of nitrogens with zero attached hydrogens (tertiary/aromatic N) is 2. The summed E-state index contributed by atoms with van der Waals surface area (Å²) in [6.07, 6.45) is 0. The smallest absolute Gasteiger partial charge is 0.115 e. The first kappa shape index (κ1) is 10.4. The van der Waals surface area contributed by atoms with Crippen molar-refractivity contribution in [3.8, 4) is 12.1 Å². The molecule has 1 fully saturated rings. The molecule has 0 aromatic heterocycles. The summed E-state index contributed by atoms with van der Waals surface area (Å²) >= 11 is 6.52. The summed E-state index contributed by atoms with van der Waals surface area (Å²) in [6.45, 7) is 0. The molecule has 0 aliphatic carbocycles. The van der Waals surface area contributed by atoms with Crippen molar-refractivity contribution in [2.24, 2.45) is 0 Å². The molecule has 2 aliphatic rings. The lowest BCUT2D eigenvalue weighted by Crippen LogP contribution is -1.66. The first-order chi connectivity index (χ1) is 6.85. The van der Waals surface area contributed by atoms with Crippen molar-refractivity contribution in [3.63, 3.8) is 0 Å². The highest BCUT2D eigenvalue weighted by Gasteiger charge is 2.25. The van der Waals surface area contributed by atoms with E-state index in [1.807, 2.05) is 23.5 Å². The van der Waals surface area contributed by atoms with Crippen molar-refractivity contribution in [3.05, 3.63) is 18.3 Å². The van der Waals surface area contributed by atoms with E-state index in [4.69, 9.17) is 10.5 Å². The summed E-state index contributed by atoms with van der Waals surface area (Å²) in [5.41, 5.74) is 0. The van der Waals surface area contributed by atoms with Gasteiger partial charge in [0.05, 0.1) is 8.47 Å². The number of rotatable bonds is 0. The van der Waals surface area contributed by atoms with Gasteiger partial charge in [-0.3, -0.25) is 0 Å². The highest BCUT2D eigenvalue weighted by atomic mass is 32.2. The predicted molar refractivity (Wildman–Crippen MR) is 65.4 cm³/mol. The van der Waals surface area contributed by atoms with Crippen molar-refractivity contribution in [2.45, 2.75) is 0 Å². The van der Waals surface area contributed by atoms with Crippen LogP contribution in [0.3, 0.4) is 0 Å². The Balaban J connectivity index is 2.23. The molecule has 2 rings (SSSR count). The van der Waals surface area contributed by atoms with Crippen LogP contribution in [0, 0.1) is 22.7 Å². The summed E-state index contributed by atoms with van der Waals surface area (Å²) in [4.78, 5) is 1.10. The topological polar surface area (TPSA) is 47.6 Å². The maximum atomic E-state index is 8.80. The van der Waals surface area contributed by atoms with Gasteiger partial charge in [0.15, 0.2) is 0 Å². The number of nitriles is 2. The second kappa shape index (κ2) is 4.59. The van der Waals surface area contributed by atoms with Crippen LogP contribution in [0.15, 0.2) is 18.3 Å². The fraction of sp³-hybridized carbons (Fsp3) is 0.250. The normalized spacial score (nSPS) is 21.3.